The fourth-order valence-electron chi connectivity index (χ4n) is 0.0596. The van der Waals surface area contributed by atoms with E-state index in [9.17, 15) is 16.8 Å². The first-order valence-corrected chi connectivity index (χ1v) is 3.84. The molecule has 0 aromatic rings. The number of hydrogen-bond acceptors (Lipinski definition) is 4. The zero-order valence-electron chi connectivity index (χ0n) is 3.97. The summed E-state index contributed by atoms with van der Waals surface area (Å²) in [6, 6.07) is 0. The molecule has 0 saturated carbocycles. The lowest BCUT2D eigenvalue weighted by Gasteiger charge is -1.91. The molecular formula is CH5NO4S2. The summed E-state index contributed by atoms with van der Waals surface area (Å²) in [4.78, 5) is 0. The Bertz CT molecular complexity index is 164. The largest absolute Gasteiger partial charge is 0.216 e. The summed E-state index contributed by atoms with van der Waals surface area (Å²) in [5.74, 6) is 0. The Hall–Kier alpha value is -0.140. The molecule has 0 amide bonds. The predicted octanol–water partition coefficient (Wildman–Crippen LogP) is -2.03. The Morgan fingerprint density at radius 3 is 1.25 bits per heavy atom. The van der Waals surface area contributed by atoms with Crippen molar-refractivity contribution in [1.82, 2.24) is 3.71 Å². The lowest BCUT2D eigenvalue weighted by Crippen LogP contribution is -2.12. The second-order valence-electron chi connectivity index (χ2n) is 0.965. The maximum Gasteiger partial charge on any atom is 0.216 e. The summed E-state index contributed by atoms with van der Waals surface area (Å²) in [5, 5.41) is 0. The van der Waals surface area contributed by atoms with Crippen molar-refractivity contribution in [3.05, 3.63) is 0 Å². The van der Waals surface area contributed by atoms with Crippen LogP contribution in [0.2, 0.25) is 0 Å². The van der Waals surface area contributed by atoms with Gasteiger partial charge in [-0.05, 0) is 0 Å². The van der Waals surface area contributed by atoms with Gasteiger partial charge in [-0.1, -0.05) is 0 Å². The Morgan fingerprint density at radius 2 is 1.25 bits per heavy atom. The average Bonchev–Trinajstić information content (AvgIpc) is 1.64. The van der Waals surface area contributed by atoms with Crippen LogP contribution in [-0.2, 0) is 21.8 Å². The van der Waals surface area contributed by atoms with E-state index in [-0.39, 0.29) is 3.71 Å². The maximum absolute atomic E-state index is 9.72. The van der Waals surface area contributed by atoms with Crippen molar-refractivity contribution in [3.63, 3.8) is 0 Å². The van der Waals surface area contributed by atoms with Crippen molar-refractivity contribution < 1.29 is 16.8 Å². The number of hydrogen-bond donors (Lipinski definition) is 2. The topological polar surface area (TPSA) is 71.5 Å². The zero-order chi connectivity index (χ0) is 6.73. The van der Waals surface area contributed by atoms with Crippen LogP contribution in [0.5, 0.6) is 0 Å². The van der Waals surface area contributed by atoms with Crippen LogP contribution in [0.25, 0.3) is 0 Å². The molecule has 0 saturated heterocycles. The van der Waals surface area contributed by atoms with E-state index in [0.717, 1.165) is 7.05 Å². The minimum absolute atomic E-state index is 0.241. The van der Waals surface area contributed by atoms with E-state index >= 15 is 0 Å². The van der Waals surface area contributed by atoms with Crippen LogP contribution in [0.1, 0.15) is 0 Å². The highest BCUT2D eigenvalue weighted by molar-refractivity contribution is 7.85. The van der Waals surface area contributed by atoms with Gasteiger partial charge in [0.15, 0.2) is 0 Å². The van der Waals surface area contributed by atoms with Gasteiger partial charge in [0.2, 0.25) is 21.8 Å². The molecule has 0 aliphatic heterocycles. The molecule has 8 heavy (non-hydrogen) atoms. The third-order valence-electron chi connectivity index (χ3n) is 0.473. The Morgan fingerprint density at radius 1 is 1.00 bits per heavy atom. The first kappa shape index (κ1) is 7.86. The normalized spacial score (nSPS) is 11.5. The fourth-order valence-corrected chi connectivity index (χ4v) is 0.537. The van der Waals surface area contributed by atoms with E-state index < -0.39 is 21.8 Å². The van der Waals surface area contributed by atoms with Gasteiger partial charge >= 0.3 is 0 Å². The molecule has 0 unspecified atom stereocenters. The summed E-state index contributed by atoms with van der Waals surface area (Å²) in [6.07, 6.45) is 0. The number of nitrogens with zero attached hydrogens (tertiary/aromatic N) is 1. The highest BCUT2D eigenvalue weighted by Gasteiger charge is 1.97. The molecular weight excluding hydrogens is 154 g/mol. The van der Waals surface area contributed by atoms with Crippen LogP contribution in [0.15, 0.2) is 0 Å². The molecule has 0 atom stereocenters. The molecule has 0 rings (SSSR count). The van der Waals surface area contributed by atoms with Gasteiger partial charge in [0, 0.05) is 7.05 Å². The van der Waals surface area contributed by atoms with Gasteiger partial charge in [-0.3, -0.25) is 0 Å². The number of thiol groups is 2. The van der Waals surface area contributed by atoms with Gasteiger partial charge in [0.1, 0.15) is 0 Å². The van der Waals surface area contributed by atoms with Crippen LogP contribution < -0.4 is 0 Å². The third kappa shape index (κ3) is 2.24. The van der Waals surface area contributed by atoms with Gasteiger partial charge in [-0.25, -0.2) is 16.8 Å². The second kappa shape index (κ2) is 3.00. The van der Waals surface area contributed by atoms with Gasteiger partial charge in [0.05, 0.1) is 0 Å². The second-order valence-corrected chi connectivity index (χ2v) is 3.43. The molecule has 0 heterocycles. The SMILES string of the molecule is CN([SH](=O)=O)[SH](=O)=O. The minimum Gasteiger partial charge on any atom is -0.214 e. The summed E-state index contributed by atoms with van der Waals surface area (Å²) < 4.78 is 39.1. The van der Waals surface area contributed by atoms with Gasteiger partial charge in [-0.15, -0.1) is 3.71 Å². The molecule has 5 nitrogen and oxygen atoms in total. The van der Waals surface area contributed by atoms with E-state index in [0.29, 0.717) is 0 Å². The average molecular weight is 159 g/mol. The minimum atomic E-state index is -2.96. The van der Waals surface area contributed by atoms with Gasteiger partial charge in [-0.2, -0.15) is 0 Å². The lowest BCUT2D eigenvalue weighted by atomic mass is 11.6. The summed E-state index contributed by atoms with van der Waals surface area (Å²) in [7, 11) is -4.97. The first-order valence-electron chi connectivity index (χ1n) is 1.58. The summed E-state index contributed by atoms with van der Waals surface area (Å²) in [6.45, 7) is 0. The van der Waals surface area contributed by atoms with Crippen LogP contribution in [0, 0.1) is 0 Å². The zero-order valence-corrected chi connectivity index (χ0v) is 5.76. The van der Waals surface area contributed by atoms with Gasteiger partial charge < -0.3 is 0 Å². The van der Waals surface area contributed by atoms with Crippen molar-refractivity contribution in [2.75, 3.05) is 7.05 Å². The first-order chi connectivity index (χ1) is 3.55. The van der Waals surface area contributed by atoms with Gasteiger partial charge in [0.25, 0.3) is 0 Å². The smallest absolute Gasteiger partial charge is 0.214 e. The van der Waals surface area contributed by atoms with E-state index in [4.69, 9.17) is 0 Å². The Kier molecular flexibility index (Phi) is 2.95. The number of rotatable bonds is 2. The molecule has 0 aliphatic rings. The van der Waals surface area contributed by atoms with E-state index in [1.165, 1.54) is 0 Å². The molecule has 0 fully saturated rings. The highest BCUT2D eigenvalue weighted by atomic mass is 32.2. The third-order valence-corrected chi connectivity index (χ3v) is 2.29. The maximum atomic E-state index is 9.72. The molecule has 0 aromatic carbocycles. The molecule has 0 aliphatic carbocycles. The highest BCUT2D eigenvalue weighted by Crippen LogP contribution is 1.76. The van der Waals surface area contributed by atoms with Crippen molar-refractivity contribution in [1.29, 1.82) is 0 Å². The lowest BCUT2D eigenvalue weighted by molar-refractivity contribution is 0.554. The standard InChI is InChI=1S/CH5NO4S2/c1-2(7(3)4)8(5)6/h7-8H,1H3. The molecule has 0 N–H and O–H groups in total. The van der Waals surface area contributed by atoms with Crippen LogP contribution in [0.3, 0.4) is 0 Å². The summed E-state index contributed by atoms with van der Waals surface area (Å²) in [5.41, 5.74) is 0. The molecule has 0 spiro atoms. The fraction of sp³-hybridized carbons (Fsp3) is 1.00. The van der Waals surface area contributed by atoms with Crippen LogP contribution in [-0.4, -0.2) is 27.6 Å². The molecule has 50 valence electrons. The van der Waals surface area contributed by atoms with Crippen molar-refractivity contribution in [2.24, 2.45) is 0 Å². The van der Waals surface area contributed by atoms with Crippen molar-refractivity contribution in [2.45, 2.75) is 0 Å². The molecule has 7 heteroatoms. The van der Waals surface area contributed by atoms with E-state index in [1.807, 2.05) is 0 Å². The van der Waals surface area contributed by atoms with Crippen LogP contribution >= 0.6 is 0 Å². The molecule has 0 radical (unpaired) electrons. The summed E-state index contributed by atoms with van der Waals surface area (Å²) >= 11 is 0. The van der Waals surface area contributed by atoms with Crippen LogP contribution in [0.4, 0.5) is 0 Å². The monoisotopic (exact) mass is 159 g/mol. The van der Waals surface area contributed by atoms with E-state index in [1.54, 1.807) is 0 Å². The molecule has 0 bridgehead atoms. The Balaban J connectivity index is 4.27. The van der Waals surface area contributed by atoms with Crippen molar-refractivity contribution >= 4 is 21.8 Å². The molecule has 0 aromatic heterocycles. The Labute approximate surface area is 50.1 Å². The quantitative estimate of drug-likeness (QED) is 0.456. The van der Waals surface area contributed by atoms with E-state index in [2.05, 4.69) is 0 Å². The predicted molar refractivity (Wildman–Crippen MR) is 28.4 cm³/mol. The van der Waals surface area contributed by atoms with Crippen molar-refractivity contribution in [3.8, 4) is 0 Å².